The van der Waals surface area contributed by atoms with Gasteiger partial charge in [-0.15, -0.1) is 0 Å². The summed E-state index contributed by atoms with van der Waals surface area (Å²) in [5.41, 5.74) is 7.31. The zero-order valence-electron chi connectivity index (χ0n) is 30.7. The van der Waals surface area contributed by atoms with Crippen LogP contribution in [0.2, 0.25) is 0 Å². The van der Waals surface area contributed by atoms with Crippen molar-refractivity contribution in [2.24, 2.45) is 24.1 Å². The molecule has 2 aromatic carbocycles. The van der Waals surface area contributed by atoms with E-state index in [4.69, 9.17) is 4.74 Å². The van der Waals surface area contributed by atoms with Crippen LogP contribution in [0.25, 0.3) is 22.1 Å². The summed E-state index contributed by atoms with van der Waals surface area (Å²) in [7, 11) is 3.77. The molecule has 1 saturated heterocycles. The van der Waals surface area contributed by atoms with Crippen LogP contribution in [-0.4, -0.2) is 92.9 Å². The number of ether oxygens (including phenoxy) is 1. The van der Waals surface area contributed by atoms with E-state index < -0.39 is 17.9 Å². The summed E-state index contributed by atoms with van der Waals surface area (Å²) in [5.74, 6) is -0.844. The molecule has 0 bridgehead atoms. The normalized spacial score (nSPS) is 15.4. The lowest BCUT2D eigenvalue weighted by molar-refractivity contribution is 0.0145. The molecule has 1 aliphatic rings. The number of amides is 2. The predicted molar refractivity (Wildman–Crippen MR) is 199 cm³/mol. The van der Waals surface area contributed by atoms with Gasteiger partial charge in [-0.05, 0) is 51.1 Å². The first-order chi connectivity index (χ1) is 25.6. The number of aliphatic hydroxyl groups excluding tert-OH is 1. The molecule has 1 fully saturated rings. The molecule has 0 saturated carbocycles. The summed E-state index contributed by atoms with van der Waals surface area (Å²) in [5, 5.41) is 23.0. The molecule has 15 nitrogen and oxygen atoms in total. The number of aromatic amines is 1. The molecule has 5 heterocycles. The minimum atomic E-state index is -0.784. The lowest BCUT2D eigenvalue weighted by atomic mass is 10.1. The van der Waals surface area contributed by atoms with E-state index in [0.29, 0.717) is 56.3 Å². The van der Waals surface area contributed by atoms with E-state index in [0.717, 1.165) is 52.1 Å². The van der Waals surface area contributed by atoms with Gasteiger partial charge in [0.1, 0.15) is 5.69 Å². The maximum Gasteiger partial charge on any atom is 0.300 e. The minimum Gasteiger partial charge on any atom is -0.387 e. The van der Waals surface area contributed by atoms with Crippen molar-refractivity contribution in [1.29, 1.82) is 0 Å². The lowest BCUT2D eigenvalue weighted by Gasteiger charge is -2.28. The Labute approximate surface area is 305 Å². The molecule has 2 amide bonds. The molecule has 4 aromatic heterocycles. The highest BCUT2D eigenvalue weighted by Crippen LogP contribution is 2.25. The van der Waals surface area contributed by atoms with Gasteiger partial charge in [0.05, 0.1) is 47.1 Å². The van der Waals surface area contributed by atoms with Gasteiger partial charge in [-0.25, -0.2) is 0 Å². The number of aryl methyl sites for hydroxylation is 5. The Morgan fingerprint density at radius 1 is 0.906 bits per heavy atom. The zero-order valence-corrected chi connectivity index (χ0v) is 30.7. The van der Waals surface area contributed by atoms with Crippen LogP contribution in [0.1, 0.15) is 51.0 Å². The number of H-pyrrole nitrogens is 1. The zero-order chi connectivity index (χ0) is 37.2. The number of imidazole rings is 2. The van der Waals surface area contributed by atoms with Gasteiger partial charge in [0.15, 0.2) is 5.69 Å². The topological polar surface area (TPSA) is 158 Å². The SMILES string of the molecule is CCn1nc(C)cc1C(=O)N=c1n(C)c2cccc(C(O)CN3CCOCC3)c2n1C/C=C/Cn1c(=NC(=O)c2cc(C)[nH]n2)n(C)c2ccccc21. The van der Waals surface area contributed by atoms with Crippen LogP contribution >= 0.6 is 0 Å². The first kappa shape index (κ1) is 35.7. The fourth-order valence-corrected chi connectivity index (χ4v) is 7.04. The Hall–Kier alpha value is -5.64. The van der Waals surface area contributed by atoms with E-state index in [9.17, 15) is 14.7 Å². The summed E-state index contributed by atoms with van der Waals surface area (Å²) < 4.78 is 14.9. The second-order valence-corrected chi connectivity index (χ2v) is 13.3. The maximum absolute atomic E-state index is 13.8. The molecule has 7 rings (SSSR count). The first-order valence-electron chi connectivity index (χ1n) is 17.8. The first-order valence-corrected chi connectivity index (χ1v) is 17.8. The number of allylic oxidation sites excluding steroid dienone is 2. The number of nitrogens with zero attached hydrogens (tertiary/aromatic N) is 10. The van der Waals surface area contributed by atoms with Gasteiger partial charge in [0, 0.05) is 64.6 Å². The van der Waals surface area contributed by atoms with E-state index in [1.165, 1.54) is 0 Å². The number of carbonyl (C=O) groups is 2. The Bertz CT molecular complexity index is 2480. The predicted octanol–water partition coefficient (Wildman–Crippen LogP) is 2.93. The summed E-state index contributed by atoms with van der Waals surface area (Å²) in [4.78, 5) is 38.3. The summed E-state index contributed by atoms with van der Waals surface area (Å²) in [6.45, 7) is 10.1. The third-order valence-corrected chi connectivity index (χ3v) is 9.68. The molecule has 6 aromatic rings. The number of aromatic nitrogens is 8. The highest BCUT2D eigenvalue weighted by Gasteiger charge is 2.22. The van der Waals surface area contributed by atoms with E-state index in [1.807, 2.05) is 108 Å². The molecule has 1 aliphatic heterocycles. The fourth-order valence-electron chi connectivity index (χ4n) is 7.04. The smallest absolute Gasteiger partial charge is 0.300 e. The lowest BCUT2D eigenvalue weighted by Crippen LogP contribution is -2.38. The van der Waals surface area contributed by atoms with Crippen LogP contribution in [-0.2, 0) is 38.5 Å². The van der Waals surface area contributed by atoms with Crippen molar-refractivity contribution >= 4 is 33.9 Å². The minimum absolute atomic E-state index is 0.247. The monoisotopic (exact) mass is 719 g/mol. The van der Waals surface area contributed by atoms with Crippen LogP contribution in [0.3, 0.4) is 0 Å². The Balaban J connectivity index is 1.29. The Morgan fingerprint density at radius 3 is 2.28 bits per heavy atom. The van der Waals surface area contributed by atoms with E-state index in [-0.39, 0.29) is 5.69 Å². The van der Waals surface area contributed by atoms with Crippen molar-refractivity contribution in [2.45, 2.75) is 46.5 Å². The number of fused-ring (bicyclic) bond motifs is 2. The van der Waals surface area contributed by atoms with Gasteiger partial charge in [-0.3, -0.25) is 24.3 Å². The molecule has 0 radical (unpaired) electrons. The second kappa shape index (κ2) is 15.1. The number of para-hydroxylation sites is 3. The van der Waals surface area contributed by atoms with Crippen LogP contribution in [0.4, 0.5) is 0 Å². The number of benzene rings is 2. The molecule has 1 atom stereocenters. The molecule has 0 aliphatic carbocycles. The van der Waals surface area contributed by atoms with Crippen molar-refractivity contribution in [2.75, 3.05) is 32.8 Å². The molecular formula is C38H45N11O4. The molecule has 2 N–H and O–H groups in total. The molecule has 276 valence electrons. The van der Waals surface area contributed by atoms with Crippen molar-refractivity contribution in [3.63, 3.8) is 0 Å². The standard InChI is InChI=1S/C38H45N11O4/c1-6-49-32(23-26(3)43-49)36(52)40-38-45(5)31-15-11-12-27(33(50)24-46-18-20-53-21-19-46)34(31)48(38)17-10-9-16-47-30-14-8-7-13-29(30)44(4)37(47)39-35(51)28-22-25(2)41-42-28/h7-15,22-23,33,50H,6,16-21,24H2,1-5H3,(H,41,42)/b10-9+,39-37?,40-38?. The number of hydrogen-bond donors (Lipinski definition) is 2. The van der Waals surface area contributed by atoms with Crippen LogP contribution in [0.15, 0.2) is 76.7 Å². The number of hydrogen-bond acceptors (Lipinski definition) is 7. The fraction of sp³-hybridized carbons (Fsp3) is 0.368. The second-order valence-electron chi connectivity index (χ2n) is 13.3. The van der Waals surface area contributed by atoms with Gasteiger partial charge in [-0.1, -0.05) is 36.4 Å². The van der Waals surface area contributed by atoms with Crippen molar-refractivity contribution in [3.05, 3.63) is 106 Å². The van der Waals surface area contributed by atoms with E-state index in [2.05, 4.69) is 30.2 Å². The number of β-amino-alcohol motifs (C(OH)–C–C–N with tert-alkyl or cyclic N) is 1. The van der Waals surface area contributed by atoms with E-state index >= 15 is 0 Å². The van der Waals surface area contributed by atoms with Crippen molar-refractivity contribution in [3.8, 4) is 0 Å². The van der Waals surface area contributed by atoms with Gasteiger partial charge < -0.3 is 28.1 Å². The van der Waals surface area contributed by atoms with E-state index in [1.54, 1.807) is 16.8 Å². The molecule has 1 unspecified atom stereocenters. The highest BCUT2D eigenvalue weighted by atomic mass is 16.5. The summed E-state index contributed by atoms with van der Waals surface area (Å²) in [6.07, 6.45) is 3.23. The van der Waals surface area contributed by atoms with Gasteiger partial charge in [0.25, 0.3) is 5.91 Å². The number of morpholine rings is 1. The molecule has 53 heavy (non-hydrogen) atoms. The Morgan fingerprint density at radius 2 is 1.57 bits per heavy atom. The quantitative estimate of drug-likeness (QED) is 0.206. The summed E-state index contributed by atoms with van der Waals surface area (Å²) in [6, 6.07) is 17.2. The molecular weight excluding hydrogens is 674 g/mol. The third-order valence-electron chi connectivity index (χ3n) is 9.68. The number of aliphatic hydroxyl groups is 1. The van der Waals surface area contributed by atoms with Crippen molar-refractivity contribution in [1.82, 2.24) is 43.1 Å². The number of rotatable bonds is 10. The maximum atomic E-state index is 13.8. The van der Waals surface area contributed by atoms with Crippen molar-refractivity contribution < 1.29 is 19.4 Å². The van der Waals surface area contributed by atoms with Crippen LogP contribution < -0.4 is 11.2 Å². The number of carbonyl (C=O) groups excluding carboxylic acids is 2. The number of nitrogens with one attached hydrogen (secondary N) is 1. The van der Waals surface area contributed by atoms with Crippen LogP contribution in [0, 0.1) is 13.8 Å². The average Bonchev–Trinajstić information content (AvgIpc) is 3.91. The van der Waals surface area contributed by atoms with Gasteiger partial charge >= 0.3 is 5.91 Å². The Kier molecular flexibility index (Phi) is 10.2. The molecule has 15 heteroatoms. The largest absolute Gasteiger partial charge is 0.387 e. The third kappa shape index (κ3) is 7.10. The average molecular weight is 720 g/mol. The molecule has 0 spiro atoms. The highest BCUT2D eigenvalue weighted by molar-refractivity contribution is 5.94. The van der Waals surface area contributed by atoms with Crippen LogP contribution in [0.5, 0.6) is 0 Å². The summed E-state index contributed by atoms with van der Waals surface area (Å²) >= 11 is 0. The van der Waals surface area contributed by atoms with Gasteiger partial charge in [-0.2, -0.15) is 20.2 Å². The van der Waals surface area contributed by atoms with Gasteiger partial charge in [0.2, 0.25) is 11.2 Å².